The summed E-state index contributed by atoms with van der Waals surface area (Å²) in [6, 6.07) is 0. The molecule has 14 heavy (non-hydrogen) atoms. The van der Waals surface area contributed by atoms with Gasteiger partial charge in [0.05, 0.1) is 0 Å². The van der Waals surface area contributed by atoms with Crippen LogP contribution < -0.4 is 5.32 Å². The molecule has 2 nitrogen and oxygen atoms in total. The molecule has 0 spiro atoms. The van der Waals surface area contributed by atoms with Crippen LogP contribution >= 0.6 is 22.6 Å². The number of hydrogen-bond acceptors (Lipinski definition) is 2. The third-order valence-corrected chi connectivity index (χ3v) is 2.95. The van der Waals surface area contributed by atoms with Crippen LogP contribution in [-0.4, -0.2) is 31.2 Å². The van der Waals surface area contributed by atoms with E-state index < -0.39 is 0 Å². The molecule has 0 fully saturated rings. The Morgan fingerprint density at radius 1 is 0.929 bits per heavy atom. The number of unbranched alkanes of at least 4 members (excludes halogenated alkanes) is 4. The summed E-state index contributed by atoms with van der Waals surface area (Å²) in [6.45, 7) is 3.24. The Balaban J connectivity index is 2.78. The maximum atomic E-state index is 4.99. The number of methoxy groups -OCH3 is 1. The van der Waals surface area contributed by atoms with E-state index in [-0.39, 0.29) is 0 Å². The van der Waals surface area contributed by atoms with Crippen LogP contribution in [0.4, 0.5) is 0 Å². The fraction of sp³-hybridized carbons (Fsp3) is 1.00. The molecule has 0 amide bonds. The zero-order valence-corrected chi connectivity index (χ0v) is 11.5. The zero-order valence-electron chi connectivity index (χ0n) is 9.36. The summed E-state index contributed by atoms with van der Waals surface area (Å²) in [4.78, 5) is 0. The Labute approximate surface area is 102 Å². The Hall–Kier alpha value is 0.650. The van der Waals surface area contributed by atoms with Gasteiger partial charge in [0.15, 0.2) is 0 Å². The molecule has 0 unspecified atom stereocenters. The number of nitrogens with one attached hydrogen (secondary N) is 1. The first kappa shape index (κ1) is 14.6. The maximum Gasteiger partial charge on any atom is 0.0462 e. The largest absolute Gasteiger partial charge is 0.385 e. The predicted octanol–water partition coefficient (Wildman–Crippen LogP) is 3.00. The molecule has 3 heteroatoms. The van der Waals surface area contributed by atoms with Gasteiger partial charge in [-0.25, -0.2) is 0 Å². The highest BCUT2D eigenvalue weighted by atomic mass is 127. The van der Waals surface area contributed by atoms with E-state index in [1.165, 1.54) is 49.5 Å². The van der Waals surface area contributed by atoms with Crippen LogP contribution in [0.5, 0.6) is 0 Å². The first-order valence-corrected chi connectivity index (χ1v) is 7.20. The number of rotatable bonds is 11. The summed E-state index contributed by atoms with van der Waals surface area (Å²) in [5.41, 5.74) is 0. The van der Waals surface area contributed by atoms with Gasteiger partial charge in [0.25, 0.3) is 0 Å². The molecule has 0 aliphatic heterocycles. The second kappa shape index (κ2) is 13.7. The van der Waals surface area contributed by atoms with E-state index in [2.05, 4.69) is 27.9 Å². The highest BCUT2D eigenvalue weighted by Gasteiger charge is 1.90. The van der Waals surface area contributed by atoms with Crippen molar-refractivity contribution < 1.29 is 4.74 Å². The van der Waals surface area contributed by atoms with Crippen LogP contribution in [0.15, 0.2) is 0 Å². The number of halogens is 1. The van der Waals surface area contributed by atoms with Gasteiger partial charge >= 0.3 is 0 Å². The first-order chi connectivity index (χ1) is 6.91. The van der Waals surface area contributed by atoms with Crippen molar-refractivity contribution in [2.45, 2.75) is 38.5 Å². The molecule has 0 rings (SSSR count). The van der Waals surface area contributed by atoms with E-state index in [9.17, 15) is 0 Å². The van der Waals surface area contributed by atoms with Crippen molar-refractivity contribution in [1.29, 1.82) is 0 Å². The summed E-state index contributed by atoms with van der Waals surface area (Å²) in [7, 11) is 1.76. The van der Waals surface area contributed by atoms with Gasteiger partial charge in [0, 0.05) is 13.7 Å². The molecule has 0 saturated heterocycles. The second-order valence-corrected chi connectivity index (χ2v) is 4.63. The standard InChI is InChI=1S/C11H24INO/c1-14-11-7-6-10-13-9-5-3-2-4-8-12/h13H,2-11H2,1H3. The highest BCUT2D eigenvalue weighted by Crippen LogP contribution is 2.01. The maximum absolute atomic E-state index is 4.99. The Kier molecular flexibility index (Phi) is 14.3. The number of hydrogen-bond donors (Lipinski definition) is 1. The minimum absolute atomic E-state index is 0.900. The average Bonchev–Trinajstić information content (AvgIpc) is 2.21. The summed E-state index contributed by atoms with van der Waals surface area (Å²) < 4.78 is 6.29. The van der Waals surface area contributed by atoms with Crippen LogP contribution in [0, 0.1) is 0 Å². The van der Waals surface area contributed by atoms with E-state index in [0.29, 0.717) is 0 Å². The lowest BCUT2D eigenvalue weighted by Gasteiger charge is -2.04. The quantitative estimate of drug-likeness (QED) is 0.360. The molecule has 0 atom stereocenters. The van der Waals surface area contributed by atoms with Crippen LogP contribution in [0.1, 0.15) is 38.5 Å². The van der Waals surface area contributed by atoms with E-state index in [4.69, 9.17) is 4.74 Å². The van der Waals surface area contributed by atoms with Crippen molar-refractivity contribution in [1.82, 2.24) is 5.32 Å². The molecule has 0 radical (unpaired) electrons. The normalized spacial score (nSPS) is 10.7. The molecule has 0 aromatic carbocycles. The smallest absolute Gasteiger partial charge is 0.0462 e. The van der Waals surface area contributed by atoms with Crippen molar-refractivity contribution in [3.63, 3.8) is 0 Å². The van der Waals surface area contributed by atoms with E-state index >= 15 is 0 Å². The van der Waals surface area contributed by atoms with Gasteiger partial charge in [-0.2, -0.15) is 0 Å². The van der Waals surface area contributed by atoms with Crippen LogP contribution in [-0.2, 0) is 4.74 Å². The minimum Gasteiger partial charge on any atom is -0.385 e. The van der Waals surface area contributed by atoms with Gasteiger partial charge in [-0.1, -0.05) is 35.4 Å². The van der Waals surface area contributed by atoms with Gasteiger partial charge in [0.1, 0.15) is 0 Å². The van der Waals surface area contributed by atoms with Crippen molar-refractivity contribution in [3.8, 4) is 0 Å². The summed E-state index contributed by atoms with van der Waals surface area (Å²) in [6.07, 6.45) is 7.91. The van der Waals surface area contributed by atoms with Crippen molar-refractivity contribution >= 4 is 22.6 Å². The molecule has 0 aromatic rings. The zero-order chi connectivity index (χ0) is 10.5. The molecule has 0 bridgehead atoms. The summed E-state index contributed by atoms with van der Waals surface area (Å²) >= 11 is 2.45. The molecule has 0 aliphatic carbocycles. The predicted molar refractivity (Wildman–Crippen MR) is 71.3 cm³/mol. The van der Waals surface area contributed by atoms with Crippen LogP contribution in [0.2, 0.25) is 0 Å². The van der Waals surface area contributed by atoms with Gasteiger partial charge in [-0.15, -0.1) is 0 Å². The average molecular weight is 313 g/mol. The SMILES string of the molecule is COCCCCNCCCCCCI. The van der Waals surface area contributed by atoms with E-state index in [1.54, 1.807) is 7.11 Å². The van der Waals surface area contributed by atoms with Crippen molar-refractivity contribution in [2.24, 2.45) is 0 Å². The summed E-state index contributed by atoms with van der Waals surface area (Å²) in [5, 5.41) is 3.46. The lowest BCUT2D eigenvalue weighted by atomic mass is 10.2. The molecular weight excluding hydrogens is 289 g/mol. The molecule has 0 aliphatic rings. The van der Waals surface area contributed by atoms with Crippen molar-refractivity contribution in [2.75, 3.05) is 31.2 Å². The number of ether oxygens (including phenoxy) is 1. The molecule has 0 heterocycles. The van der Waals surface area contributed by atoms with Gasteiger partial charge in [-0.3, -0.25) is 0 Å². The fourth-order valence-electron chi connectivity index (χ4n) is 1.32. The third kappa shape index (κ3) is 12.7. The molecule has 86 valence electrons. The molecule has 1 N–H and O–H groups in total. The number of alkyl halides is 1. The van der Waals surface area contributed by atoms with Crippen molar-refractivity contribution in [3.05, 3.63) is 0 Å². The highest BCUT2D eigenvalue weighted by molar-refractivity contribution is 14.1. The lowest BCUT2D eigenvalue weighted by Crippen LogP contribution is -2.16. The van der Waals surface area contributed by atoms with Crippen LogP contribution in [0.25, 0.3) is 0 Å². The van der Waals surface area contributed by atoms with Crippen LogP contribution in [0.3, 0.4) is 0 Å². The minimum atomic E-state index is 0.900. The molecular formula is C11H24INO. The Morgan fingerprint density at radius 2 is 1.57 bits per heavy atom. The first-order valence-electron chi connectivity index (χ1n) is 5.67. The van der Waals surface area contributed by atoms with Gasteiger partial charge < -0.3 is 10.1 Å². The fourth-order valence-corrected chi connectivity index (χ4v) is 1.86. The Bertz CT molecular complexity index is 89.3. The topological polar surface area (TPSA) is 21.3 Å². The van der Waals surface area contributed by atoms with E-state index in [1.807, 2.05) is 0 Å². The van der Waals surface area contributed by atoms with Gasteiger partial charge in [0.2, 0.25) is 0 Å². The summed E-state index contributed by atoms with van der Waals surface area (Å²) in [5.74, 6) is 0. The van der Waals surface area contributed by atoms with E-state index in [0.717, 1.165) is 13.2 Å². The van der Waals surface area contributed by atoms with Gasteiger partial charge in [-0.05, 0) is 43.2 Å². The molecule has 0 saturated carbocycles. The Morgan fingerprint density at radius 3 is 2.21 bits per heavy atom. The molecule has 0 aromatic heterocycles. The lowest BCUT2D eigenvalue weighted by molar-refractivity contribution is 0.192. The second-order valence-electron chi connectivity index (χ2n) is 3.55. The monoisotopic (exact) mass is 313 g/mol. The third-order valence-electron chi connectivity index (χ3n) is 2.19.